The molecule has 1 rings (SSSR count). The fourth-order valence-electron chi connectivity index (χ4n) is 0.802. The normalized spacial score (nSPS) is 9.54. The smallest absolute Gasteiger partial charge is 0.315 e. The van der Waals surface area contributed by atoms with Crippen molar-refractivity contribution in [1.29, 1.82) is 0 Å². The van der Waals surface area contributed by atoms with E-state index < -0.39 is 22.1 Å². The molecule has 1 aromatic carbocycles. The Balaban J connectivity index is 3.41. The van der Waals surface area contributed by atoms with Gasteiger partial charge in [0.25, 0.3) is 0 Å². The van der Waals surface area contributed by atoms with Gasteiger partial charge in [-0.1, -0.05) is 0 Å². The van der Waals surface area contributed by atoms with Gasteiger partial charge in [-0.25, -0.2) is 0 Å². The highest BCUT2D eigenvalue weighted by Gasteiger charge is 2.18. The van der Waals surface area contributed by atoms with Gasteiger partial charge in [-0.15, -0.1) is 0 Å². The molecule has 0 aliphatic rings. The zero-order chi connectivity index (χ0) is 10.0. The van der Waals surface area contributed by atoms with Crippen LogP contribution in [0, 0.1) is 10.1 Å². The Bertz CT molecular complexity index is 373. The lowest BCUT2D eigenvalue weighted by atomic mass is 10.2. The Hall–Kier alpha value is -2.11. The molecular weight excluding hydrogens is 178 g/mol. The second kappa shape index (κ2) is 3.10. The number of nitro groups is 1. The Morgan fingerprint density at radius 1 is 1.38 bits per heavy atom. The molecule has 0 saturated carbocycles. The molecule has 1 radical (unpaired) electrons. The highest BCUT2D eigenvalue weighted by molar-refractivity contribution is 5.79. The van der Waals surface area contributed by atoms with Crippen LogP contribution in [0.15, 0.2) is 12.1 Å². The van der Waals surface area contributed by atoms with Gasteiger partial charge in [0.15, 0.2) is 5.75 Å². The number of hydrogen-bond donors (Lipinski definition) is 2. The van der Waals surface area contributed by atoms with E-state index in [1.165, 1.54) is 6.29 Å². The van der Waals surface area contributed by atoms with E-state index in [4.69, 9.17) is 10.2 Å². The molecule has 0 atom stereocenters. The van der Waals surface area contributed by atoms with Crippen molar-refractivity contribution in [2.75, 3.05) is 0 Å². The highest BCUT2D eigenvalue weighted by Crippen LogP contribution is 2.35. The van der Waals surface area contributed by atoms with Crippen molar-refractivity contribution in [3.63, 3.8) is 0 Å². The van der Waals surface area contributed by atoms with Crippen molar-refractivity contribution in [3.05, 3.63) is 27.8 Å². The summed E-state index contributed by atoms with van der Waals surface area (Å²) in [6, 6.07) is 1.71. The first-order valence-corrected chi connectivity index (χ1v) is 3.14. The quantitative estimate of drug-likeness (QED) is 0.393. The van der Waals surface area contributed by atoms with Crippen molar-refractivity contribution in [2.24, 2.45) is 0 Å². The van der Waals surface area contributed by atoms with Gasteiger partial charge in [-0.3, -0.25) is 14.9 Å². The van der Waals surface area contributed by atoms with Crippen molar-refractivity contribution in [1.82, 2.24) is 0 Å². The minimum absolute atomic E-state index is 0.193. The molecule has 2 N–H and O–H groups in total. The molecule has 0 bridgehead atoms. The van der Waals surface area contributed by atoms with Crippen LogP contribution in [0.5, 0.6) is 11.5 Å². The summed E-state index contributed by atoms with van der Waals surface area (Å²) in [5, 5.41) is 28.1. The number of rotatable bonds is 2. The van der Waals surface area contributed by atoms with Crippen molar-refractivity contribution < 1.29 is 19.9 Å². The molecular formula is C7H4NO5. The molecule has 13 heavy (non-hydrogen) atoms. The maximum Gasteiger partial charge on any atom is 0.315 e. The summed E-state index contributed by atoms with van der Waals surface area (Å²) >= 11 is 0. The van der Waals surface area contributed by atoms with E-state index >= 15 is 0 Å². The molecule has 0 amide bonds. The van der Waals surface area contributed by atoms with Crippen molar-refractivity contribution in [2.45, 2.75) is 0 Å². The summed E-state index contributed by atoms with van der Waals surface area (Å²) in [7, 11) is 0. The molecule has 0 heterocycles. The highest BCUT2D eigenvalue weighted by atomic mass is 16.6. The lowest BCUT2D eigenvalue weighted by molar-refractivity contribution is -0.386. The molecule has 0 saturated heterocycles. The van der Waals surface area contributed by atoms with Crippen LogP contribution in [0.2, 0.25) is 0 Å². The first kappa shape index (κ1) is 8.98. The van der Waals surface area contributed by atoms with Crippen LogP contribution in [0.25, 0.3) is 0 Å². The minimum Gasteiger partial charge on any atom is -0.504 e. The van der Waals surface area contributed by atoms with Gasteiger partial charge in [0, 0.05) is 11.6 Å². The number of hydrogen-bond acceptors (Lipinski definition) is 5. The predicted molar refractivity (Wildman–Crippen MR) is 41.2 cm³/mol. The third-order valence-electron chi connectivity index (χ3n) is 1.38. The zero-order valence-electron chi connectivity index (χ0n) is 6.22. The maximum absolute atomic E-state index is 10.2. The van der Waals surface area contributed by atoms with E-state index in [0.29, 0.717) is 0 Å². The van der Waals surface area contributed by atoms with E-state index in [-0.39, 0.29) is 5.56 Å². The molecule has 0 fully saturated rings. The third kappa shape index (κ3) is 1.56. The number of benzene rings is 1. The number of nitrogens with zero attached hydrogens (tertiary/aromatic N) is 1. The van der Waals surface area contributed by atoms with Crippen LogP contribution in [-0.2, 0) is 4.79 Å². The van der Waals surface area contributed by atoms with Crippen LogP contribution < -0.4 is 0 Å². The van der Waals surface area contributed by atoms with Gasteiger partial charge in [0.1, 0.15) is 0 Å². The van der Waals surface area contributed by atoms with Gasteiger partial charge in [-0.2, -0.15) is 0 Å². The molecule has 67 valence electrons. The average molecular weight is 182 g/mol. The second-order valence-electron chi connectivity index (χ2n) is 2.22. The third-order valence-corrected chi connectivity index (χ3v) is 1.38. The Kier molecular flexibility index (Phi) is 2.14. The van der Waals surface area contributed by atoms with Gasteiger partial charge < -0.3 is 10.2 Å². The molecule has 6 heteroatoms. The second-order valence-corrected chi connectivity index (χ2v) is 2.22. The topological polar surface area (TPSA) is 101 Å². The number of carbonyl (C=O) groups excluding carboxylic acids is 1. The first-order chi connectivity index (χ1) is 6.06. The predicted octanol–water partition coefficient (Wildman–Crippen LogP) is 0.464. The fourth-order valence-corrected chi connectivity index (χ4v) is 0.802. The number of nitro benzene ring substituents is 1. The number of phenolic OH excluding ortho intramolecular Hbond substituents is 2. The number of aromatic hydroxyl groups is 2. The van der Waals surface area contributed by atoms with Crippen molar-refractivity contribution in [3.8, 4) is 11.5 Å². The van der Waals surface area contributed by atoms with Gasteiger partial charge in [0.05, 0.1) is 4.92 Å². The Morgan fingerprint density at radius 3 is 2.46 bits per heavy atom. The van der Waals surface area contributed by atoms with Gasteiger partial charge in [0.2, 0.25) is 12.0 Å². The summed E-state index contributed by atoms with van der Waals surface area (Å²) in [4.78, 5) is 19.4. The summed E-state index contributed by atoms with van der Waals surface area (Å²) in [6.07, 6.45) is 1.36. The van der Waals surface area contributed by atoms with Gasteiger partial charge >= 0.3 is 5.69 Å². The van der Waals surface area contributed by atoms with Gasteiger partial charge in [-0.05, 0) is 6.07 Å². The SMILES string of the molecule is O=[C]c1cc(O)c(O)c([N+](=O)[O-])c1. The lowest BCUT2D eigenvalue weighted by Gasteiger charge is -1.98. The molecule has 0 unspecified atom stereocenters. The molecule has 0 aromatic heterocycles. The van der Waals surface area contributed by atoms with E-state index in [0.717, 1.165) is 12.1 Å². The van der Waals surface area contributed by atoms with Crippen LogP contribution in [0.4, 0.5) is 5.69 Å². The lowest BCUT2D eigenvalue weighted by Crippen LogP contribution is -1.91. The van der Waals surface area contributed by atoms with E-state index in [2.05, 4.69) is 0 Å². The van der Waals surface area contributed by atoms with Crippen LogP contribution in [-0.4, -0.2) is 21.4 Å². The van der Waals surface area contributed by atoms with E-state index in [1.807, 2.05) is 0 Å². The summed E-state index contributed by atoms with van der Waals surface area (Å²) < 4.78 is 0. The summed E-state index contributed by atoms with van der Waals surface area (Å²) in [6.45, 7) is 0. The summed E-state index contributed by atoms with van der Waals surface area (Å²) in [5.41, 5.74) is -0.916. The maximum atomic E-state index is 10.2. The summed E-state index contributed by atoms with van der Waals surface area (Å²) in [5.74, 6) is -1.57. The largest absolute Gasteiger partial charge is 0.504 e. The van der Waals surface area contributed by atoms with Crippen LogP contribution >= 0.6 is 0 Å². The monoisotopic (exact) mass is 182 g/mol. The van der Waals surface area contributed by atoms with Crippen LogP contribution in [0.3, 0.4) is 0 Å². The zero-order valence-corrected chi connectivity index (χ0v) is 6.22. The Morgan fingerprint density at radius 2 is 2.00 bits per heavy atom. The van der Waals surface area contributed by atoms with Crippen molar-refractivity contribution >= 4 is 12.0 Å². The molecule has 0 spiro atoms. The molecule has 0 aliphatic carbocycles. The van der Waals surface area contributed by atoms with E-state index in [9.17, 15) is 14.9 Å². The number of phenols is 2. The van der Waals surface area contributed by atoms with E-state index in [1.54, 1.807) is 0 Å². The molecule has 0 aliphatic heterocycles. The Labute approximate surface area is 72.2 Å². The van der Waals surface area contributed by atoms with Crippen LogP contribution in [0.1, 0.15) is 5.56 Å². The molecule has 6 nitrogen and oxygen atoms in total. The standard InChI is InChI=1S/C7H4NO5/c9-3-4-1-5(8(12)13)7(11)6(10)2-4/h1-2,10-11H. The fraction of sp³-hybridized carbons (Fsp3) is 0. The minimum atomic E-state index is -0.907. The molecule has 1 aromatic rings. The average Bonchev–Trinajstić information content (AvgIpc) is 2.09. The first-order valence-electron chi connectivity index (χ1n) is 3.14.